The summed E-state index contributed by atoms with van der Waals surface area (Å²) in [7, 11) is -5.00. The van der Waals surface area contributed by atoms with Crippen LogP contribution in [-0.2, 0) is 19.7 Å². The number of nitrogens with two attached hydrogens (primary N) is 1. The van der Waals surface area contributed by atoms with Crippen LogP contribution < -0.4 is 5.73 Å². The molecule has 8 heteroatoms. The SMILES string of the molecule is CCCCCCCCCCCCCCCCCCC(C(=O)O)(C(CC)C(N)=O)S(=O)(=O)O. The van der Waals surface area contributed by atoms with Crippen molar-refractivity contribution in [1.82, 2.24) is 0 Å². The third kappa shape index (κ3) is 11.1. The molecule has 7 nitrogen and oxygen atoms in total. The Morgan fingerprint density at radius 1 is 0.750 bits per heavy atom. The van der Waals surface area contributed by atoms with E-state index >= 15 is 0 Å². The van der Waals surface area contributed by atoms with E-state index in [9.17, 15) is 27.7 Å². The van der Waals surface area contributed by atoms with Gasteiger partial charge in [0.25, 0.3) is 10.1 Å². The van der Waals surface area contributed by atoms with Crippen molar-refractivity contribution in [2.75, 3.05) is 0 Å². The fraction of sp³-hybridized carbons (Fsp3) is 0.917. The molecule has 0 aliphatic carbocycles. The molecule has 0 saturated carbocycles. The number of carboxylic acids is 1. The monoisotopic (exact) mass is 477 g/mol. The lowest BCUT2D eigenvalue weighted by Crippen LogP contribution is -2.56. The predicted octanol–water partition coefficient (Wildman–Crippen LogP) is 5.86. The first-order valence-corrected chi connectivity index (χ1v) is 14.1. The van der Waals surface area contributed by atoms with E-state index in [0.717, 1.165) is 19.3 Å². The maximum atomic E-state index is 12.0. The van der Waals surface area contributed by atoms with Crippen LogP contribution in [0.1, 0.15) is 129 Å². The summed E-state index contributed by atoms with van der Waals surface area (Å²) in [6.07, 6.45) is 18.0. The second kappa shape index (κ2) is 17.3. The minimum absolute atomic E-state index is 0.0692. The van der Waals surface area contributed by atoms with Crippen LogP contribution in [0.25, 0.3) is 0 Å². The molecule has 190 valence electrons. The van der Waals surface area contributed by atoms with Crippen molar-refractivity contribution >= 4 is 22.0 Å². The van der Waals surface area contributed by atoms with Crippen molar-refractivity contribution < 1.29 is 27.7 Å². The molecule has 0 radical (unpaired) electrons. The summed E-state index contributed by atoms with van der Waals surface area (Å²) in [5, 5.41) is 9.59. The van der Waals surface area contributed by atoms with Crippen LogP contribution in [-0.4, -0.2) is 34.7 Å². The number of amides is 1. The third-order valence-electron chi connectivity index (χ3n) is 6.54. The topological polar surface area (TPSA) is 135 Å². The zero-order valence-corrected chi connectivity index (χ0v) is 21.1. The van der Waals surface area contributed by atoms with E-state index < -0.39 is 32.7 Å². The molecule has 0 aromatic carbocycles. The maximum Gasteiger partial charge on any atom is 0.328 e. The van der Waals surface area contributed by atoms with Gasteiger partial charge in [0.2, 0.25) is 10.7 Å². The molecule has 0 saturated heterocycles. The normalized spacial score (nSPS) is 14.7. The van der Waals surface area contributed by atoms with Crippen LogP contribution in [0.5, 0.6) is 0 Å². The highest BCUT2D eigenvalue weighted by Crippen LogP contribution is 2.35. The number of hydrogen-bond donors (Lipinski definition) is 3. The Balaban J connectivity index is 4.08. The van der Waals surface area contributed by atoms with E-state index in [2.05, 4.69) is 6.92 Å². The Kier molecular flexibility index (Phi) is 16.7. The number of rotatable bonds is 22. The molecule has 0 aromatic heterocycles. The van der Waals surface area contributed by atoms with Crippen molar-refractivity contribution in [1.29, 1.82) is 0 Å². The molecule has 2 atom stereocenters. The van der Waals surface area contributed by atoms with Crippen LogP contribution in [0.15, 0.2) is 0 Å². The molecule has 0 heterocycles. The summed E-state index contributed by atoms with van der Waals surface area (Å²) in [4.78, 5) is 23.5. The lowest BCUT2D eigenvalue weighted by Gasteiger charge is -2.32. The number of carbonyl (C=O) groups excluding carboxylic acids is 1. The first-order chi connectivity index (χ1) is 15.1. The largest absolute Gasteiger partial charge is 0.480 e. The Bertz CT molecular complexity index is 622. The summed E-state index contributed by atoms with van der Waals surface area (Å²) in [6.45, 7) is 3.73. The van der Waals surface area contributed by atoms with Gasteiger partial charge in [-0.2, -0.15) is 8.42 Å². The van der Waals surface area contributed by atoms with E-state index in [1.807, 2.05) is 0 Å². The average molecular weight is 478 g/mol. The molecule has 0 rings (SSSR count). The molecule has 0 spiro atoms. The van der Waals surface area contributed by atoms with Gasteiger partial charge in [-0.1, -0.05) is 117 Å². The lowest BCUT2D eigenvalue weighted by atomic mass is 9.84. The van der Waals surface area contributed by atoms with E-state index in [1.54, 1.807) is 0 Å². The van der Waals surface area contributed by atoms with Crippen LogP contribution in [0.3, 0.4) is 0 Å². The van der Waals surface area contributed by atoms with Gasteiger partial charge >= 0.3 is 5.97 Å². The van der Waals surface area contributed by atoms with Gasteiger partial charge in [-0.3, -0.25) is 14.1 Å². The molecule has 0 aromatic rings. The third-order valence-corrected chi connectivity index (χ3v) is 8.12. The van der Waals surface area contributed by atoms with E-state index in [1.165, 1.54) is 77.6 Å². The van der Waals surface area contributed by atoms with Gasteiger partial charge < -0.3 is 10.8 Å². The molecule has 0 bridgehead atoms. The molecule has 0 aliphatic heterocycles. The van der Waals surface area contributed by atoms with E-state index in [4.69, 9.17) is 5.73 Å². The Morgan fingerprint density at radius 2 is 1.09 bits per heavy atom. The van der Waals surface area contributed by atoms with Crippen LogP contribution in [0.4, 0.5) is 0 Å². The molecule has 0 fully saturated rings. The number of carboxylic acid groups (broad SMARTS) is 1. The fourth-order valence-electron chi connectivity index (χ4n) is 4.55. The lowest BCUT2D eigenvalue weighted by molar-refractivity contribution is -0.145. The highest BCUT2D eigenvalue weighted by molar-refractivity contribution is 7.88. The number of aliphatic carboxylic acids is 1. The molecular formula is C24H47NO6S. The molecule has 0 aliphatic rings. The number of hydrogen-bond acceptors (Lipinski definition) is 4. The summed E-state index contributed by atoms with van der Waals surface area (Å²) in [6, 6.07) is 0. The second-order valence-corrected chi connectivity index (χ2v) is 10.8. The van der Waals surface area contributed by atoms with Gasteiger partial charge in [0.1, 0.15) is 0 Å². The standard InChI is InChI=1S/C24H47NO6S/c1-3-5-6-7-8-9-10-11-12-13-14-15-16-17-18-19-20-24(23(27)28,32(29,30)31)21(4-2)22(25)26/h21H,3-20H2,1-2H3,(H2,25,26)(H,27,28)(H,29,30,31). The molecule has 1 amide bonds. The second-order valence-electron chi connectivity index (χ2n) is 9.09. The van der Waals surface area contributed by atoms with Crippen molar-refractivity contribution in [3.05, 3.63) is 0 Å². The van der Waals surface area contributed by atoms with Gasteiger partial charge in [0, 0.05) is 0 Å². The molecule has 2 unspecified atom stereocenters. The van der Waals surface area contributed by atoms with Crippen LogP contribution in [0.2, 0.25) is 0 Å². The summed E-state index contributed by atoms with van der Waals surface area (Å²) < 4.78 is 31.0. The summed E-state index contributed by atoms with van der Waals surface area (Å²) in [5.41, 5.74) is 5.25. The average Bonchev–Trinajstić information content (AvgIpc) is 2.71. The Morgan fingerprint density at radius 3 is 1.34 bits per heavy atom. The summed E-state index contributed by atoms with van der Waals surface area (Å²) >= 11 is 0. The highest BCUT2D eigenvalue weighted by Gasteiger charge is 2.57. The first-order valence-electron chi connectivity index (χ1n) is 12.6. The smallest absolute Gasteiger partial charge is 0.328 e. The molecule has 4 N–H and O–H groups in total. The number of primary amides is 1. The molecular weight excluding hydrogens is 430 g/mol. The highest BCUT2D eigenvalue weighted by atomic mass is 32.2. The fourth-order valence-corrected chi connectivity index (χ4v) is 5.81. The van der Waals surface area contributed by atoms with Gasteiger partial charge in [0.05, 0.1) is 5.92 Å². The van der Waals surface area contributed by atoms with Crippen LogP contribution >= 0.6 is 0 Å². The Labute approximate surface area is 195 Å². The summed E-state index contributed by atoms with van der Waals surface area (Å²) in [5.74, 6) is -4.21. The molecule has 32 heavy (non-hydrogen) atoms. The van der Waals surface area contributed by atoms with Crippen LogP contribution in [0, 0.1) is 5.92 Å². The van der Waals surface area contributed by atoms with Crippen molar-refractivity contribution in [3.63, 3.8) is 0 Å². The quantitative estimate of drug-likeness (QED) is 0.132. The van der Waals surface area contributed by atoms with E-state index in [0.29, 0.717) is 12.8 Å². The minimum Gasteiger partial charge on any atom is -0.480 e. The first kappa shape index (κ1) is 30.9. The van der Waals surface area contributed by atoms with Gasteiger partial charge in [-0.05, 0) is 12.8 Å². The van der Waals surface area contributed by atoms with Gasteiger partial charge in [-0.15, -0.1) is 0 Å². The van der Waals surface area contributed by atoms with Crippen molar-refractivity contribution in [3.8, 4) is 0 Å². The maximum absolute atomic E-state index is 12.0. The zero-order chi connectivity index (χ0) is 24.5. The van der Waals surface area contributed by atoms with Gasteiger partial charge in [-0.25, -0.2) is 0 Å². The zero-order valence-electron chi connectivity index (χ0n) is 20.3. The predicted molar refractivity (Wildman–Crippen MR) is 129 cm³/mol. The van der Waals surface area contributed by atoms with Gasteiger partial charge in [0.15, 0.2) is 0 Å². The number of unbranched alkanes of at least 4 members (excludes halogenated alkanes) is 15. The number of carbonyl (C=O) groups is 2. The van der Waals surface area contributed by atoms with Crippen molar-refractivity contribution in [2.24, 2.45) is 11.7 Å². The Hall–Kier alpha value is -1.15. The van der Waals surface area contributed by atoms with Crippen molar-refractivity contribution in [2.45, 2.75) is 134 Å². The van der Waals surface area contributed by atoms with E-state index in [-0.39, 0.29) is 12.8 Å². The minimum atomic E-state index is -5.00.